The molecule has 3 rings (SSSR count). The highest BCUT2D eigenvalue weighted by Gasteiger charge is 2.25. The molecule has 1 aliphatic rings. The summed E-state index contributed by atoms with van der Waals surface area (Å²) >= 11 is 0. The third-order valence-corrected chi connectivity index (χ3v) is 4.35. The van der Waals surface area contributed by atoms with E-state index in [0.717, 1.165) is 25.9 Å². The fraction of sp³-hybridized carbons (Fsp3) is 0.438. The SMILES string of the molecule is CCN1CCCC1CNC(=O)c1c(O)nc2ccccn2c1=O. The second-order valence-electron chi connectivity index (χ2n) is 5.68. The first-order valence-corrected chi connectivity index (χ1v) is 7.84. The zero-order valence-electron chi connectivity index (χ0n) is 13.0. The van der Waals surface area contributed by atoms with Crippen LogP contribution in [0.5, 0.6) is 5.88 Å². The number of aromatic nitrogens is 2. The molecule has 0 aliphatic carbocycles. The van der Waals surface area contributed by atoms with Gasteiger partial charge >= 0.3 is 0 Å². The Kier molecular flexibility index (Phi) is 4.29. The van der Waals surface area contributed by atoms with Crippen molar-refractivity contribution in [1.82, 2.24) is 19.6 Å². The van der Waals surface area contributed by atoms with E-state index in [2.05, 4.69) is 22.1 Å². The minimum atomic E-state index is -0.582. The summed E-state index contributed by atoms with van der Waals surface area (Å²) in [5, 5.41) is 12.7. The molecular formula is C16H20N4O3. The van der Waals surface area contributed by atoms with Gasteiger partial charge < -0.3 is 10.4 Å². The van der Waals surface area contributed by atoms with Gasteiger partial charge in [-0.15, -0.1) is 0 Å². The number of carbonyl (C=O) groups is 1. The number of pyridine rings is 1. The number of likely N-dealkylation sites (tertiary alicyclic amines) is 1. The van der Waals surface area contributed by atoms with E-state index in [4.69, 9.17) is 0 Å². The van der Waals surface area contributed by atoms with Crippen molar-refractivity contribution in [3.8, 4) is 5.88 Å². The third-order valence-electron chi connectivity index (χ3n) is 4.35. The summed E-state index contributed by atoms with van der Waals surface area (Å²) in [6.45, 7) is 4.52. The van der Waals surface area contributed by atoms with Gasteiger partial charge in [-0.25, -0.2) is 0 Å². The van der Waals surface area contributed by atoms with E-state index in [0.29, 0.717) is 12.2 Å². The van der Waals surface area contributed by atoms with Crippen molar-refractivity contribution in [2.45, 2.75) is 25.8 Å². The van der Waals surface area contributed by atoms with Crippen LogP contribution in [0.25, 0.3) is 5.65 Å². The lowest BCUT2D eigenvalue weighted by Gasteiger charge is -2.22. The van der Waals surface area contributed by atoms with Crippen molar-refractivity contribution in [3.05, 3.63) is 40.3 Å². The van der Waals surface area contributed by atoms with Crippen LogP contribution in [0.2, 0.25) is 0 Å². The van der Waals surface area contributed by atoms with E-state index in [-0.39, 0.29) is 11.6 Å². The third kappa shape index (κ3) is 2.92. The minimum absolute atomic E-state index is 0.280. The highest BCUT2D eigenvalue weighted by Crippen LogP contribution is 2.16. The summed E-state index contributed by atoms with van der Waals surface area (Å²) in [4.78, 5) is 31.0. The first-order chi connectivity index (χ1) is 11.1. The number of rotatable bonds is 4. The second kappa shape index (κ2) is 6.37. The van der Waals surface area contributed by atoms with Crippen LogP contribution < -0.4 is 10.9 Å². The number of hydrogen-bond acceptors (Lipinski definition) is 5. The number of carbonyl (C=O) groups excluding carboxylic acids is 1. The van der Waals surface area contributed by atoms with Crippen LogP contribution in [0.4, 0.5) is 0 Å². The number of amides is 1. The summed E-state index contributed by atoms with van der Waals surface area (Å²) in [7, 11) is 0. The highest BCUT2D eigenvalue weighted by atomic mass is 16.3. The molecule has 2 aromatic rings. The van der Waals surface area contributed by atoms with Crippen molar-refractivity contribution in [3.63, 3.8) is 0 Å². The van der Waals surface area contributed by atoms with Gasteiger partial charge in [0, 0.05) is 18.8 Å². The normalized spacial score (nSPS) is 18.4. The van der Waals surface area contributed by atoms with Crippen LogP contribution in [-0.4, -0.2) is 51.0 Å². The zero-order chi connectivity index (χ0) is 16.4. The Bertz CT molecular complexity index is 786. The monoisotopic (exact) mass is 316 g/mol. The molecule has 1 saturated heterocycles. The van der Waals surface area contributed by atoms with Crippen LogP contribution >= 0.6 is 0 Å². The molecule has 2 aromatic heterocycles. The Labute approximate surface area is 133 Å². The lowest BCUT2D eigenvalue weighted by atomic mass is 10.2. The first kappa shape index (κ1) is 15.5. The topological polar surface area (TPSA) is 86.9 Å². The van der Waals surface area contributed by atoms with E-state index >= 15 is 0 Å². The van der Waals surface area contributed by atoms with Crippen LogP contribution in [0.15, 0.2) is 29.2 Å². The average Bonchev–Trinajstić information content (AvgIpc) is 3.00. The molecule has 0 saturated carbocycles. The van der Waals surface area contributed by atoms with Gasteiger partial charge in [0.25, 0.3) is 11.5 Å². The largest absolute Gasteiger partial charge is 0.493 e. The van der Waals surface area contributed by atoms with Crippen LogP contribution in [-0.2, 0) is 0 Å². The van der Waals surface area contributed by atoms with Gasteiger partial charge in [0.15, 0.2) is 5.56 Å². The fourth-order valence-corrected chi connectivity index (χ4v) is 3.12. The minimum Gasteiger partial charge on any atom is -0.493 e. The Morgan fingerprint density at radius 1 is 1.48 bits per heavy atom. The maximum absolute atomic E-state index is 12.4. The predicted octanol–water partition coefficient (Wildman–Crippen LogP) is 0.614. The quantitative estimate of drug-likeness (QED) is 0.863. The van der Waals surface area contributed by atoms with E-state index in [1.165, 1.54) is 10.6 Å². The number of nitrogens with zero attached hydrogens (tertiary/aromatic N) is 3. The first-order valence-electron chi connectivity index (χ1n) is 7.84. The summed E-state index contributed by atoms with van der Waals surface area (Å²) in [5.41, 5.74) is -0.571. The predicted molar refractivity (Wildman–Crippen MR) is 85.7 cm³/mol. The van der Waals surface area contributed by atoms with Gasteiger partial charge in [-0.3, -0.25) is 18.9 Å². The molecule has 122 valence electrons. The summed E-state index contributed by atoms with van der Waals surface area (Å²) in [5.74, 6) is -1.11. The maximum Gasteiger partial charge on any atom is 0.274 e. The van der Waals surface area contributed by atoms with Crippen molar-refractivity contribution in [2.75, 3.05) is 19.6 Å². The van der Waals surface area contributed by atoms with Gasteiger partial charge in [-0.2, -0.15) is 4.98 Å². The molecule has 23 heavy (non-hydrogen) atoms. The molecule has 0 radical (unpaired) electrons. The molecule has 1 fully saturated rings. The molecule has 7 heteroatoms. The fourth-order valence-electron chi connectivity index (χ4n) is 3.12. The van der Waals surface area contributed by atoms with Gasteiger partial charge in [-0.1, -0.05) is 13.0 Å². The van der Waals surface area contributed by atoms with Gasteiger partial charge in [0.2, 0.25) is 5.88 Å². The average molecular weight is 316 g/mol. The Morgan fingerprint density at radius 2 is 2.30 bits per heavy atom. The number of likely N-dealkylation sites (N-methyl/N-ethyl adjacent to an activating group) is 1. The van der Waals surface area contributed by atoms with E-state index in [1.54, 1.807) is 18.2 Å². The number of hydrogen-bond donors (Lipinski definition) is 2. The zero-order valence-corrected chi connectivity index (χ0v) is 13.0. The van der Waals surface area contributed by atoms with Crippen molar-refractivity contribution < 1.29 is 9.90 Å². The van der Waals surface area contributed by atoms with Crippen molar-refractivity contribution in [1.29, 1.82) is 0 Å². The second-order valence-corrected chi connectivity index (χ2v) is 5.68. The molecule has 7 nitrogen and oxygen atoms in total. The molecule has 0 aromatic carbocycles. The Balaban J connectivity index is 1.82. The smallest absolute Gasteiger partial charge is 0.274 e. The number of nitrogens with one attached hydrogen (secondary N) is 1. The molecule has 0 bridgehead atoms. The lowest BCUT2D eigenvalue weighted by molar-refractivity contribution is 0.0936. The summed E-state index contributed by atoms with van der Waals surface area (Å²) < 4.78 is 1.25. The molecular weight excluding hydrogens is 296 g/mol. The van der Waals surface area contributed by atoms with Crippen molar-refractivity contribution >= 4 is 11.6 Å². The highest BCUT2D eigenvalue weighted by molar-refractivity contribution is 5.96. The number of fused-ring (bicyclic) bond motifs is 1. The molecule has 0 spiro atoms. The standard InChI is InChI=1S/C16H20N4O3/c1-2-19-8-5-6-11(19)10-17-14(21)13-15(22)18-12-7-3-4-9-20(12)16(13)23/h3-4,7,9,11,22H,2,5-6,8,10H2,1H3,(H,17,21). The van der Waals surface area contributed by atoms with Crippen molar-refractivity contribution in [2.24, 2.45) is 0 Å². The van der Waals surface area contributed by atoms with Gasteiger partial charge in [-0.05, 0) is 38.1 Å². The maximum atomic E-state index is 12.4. The molecule has 2 N–H and O–H groups in total. The molecule has 3 heterocycles. The van der Waals surface area contributed by atoms with Gasteiger partial charge in [0.05, 0.1) is 0 Å². The summed E-state index contributed by atoms with van der Waals surface area (Å²) in [6, 6.07) is 5.26. The van der Waals surface area contributed by atoms with E-state index in [1.807, 2.05) is 0 Å². The molecule has 1 unspecified atom stereocenters. The number of aromatic hydroxyl groups is 1. The molecule has 1 atom stereocenters. The summed E-state index contributed by atoms with van der Waals surface area (Å²) in [6.07, 6.45) is 3.66. The Hall–Kier alpha value is -2.41. The molecule has 1 aliphatic heterocycles. The Morgan fingerprint density at radius 3 is 3.09 bits per heavy atom. The molecule has 1 amide bonds. The van der Waals surface area contributed by atoms with Crippen LogP contribution in [0.1, 0.15) is 30.1 Å². The van der Waals surface area contributed by atoms with E-state index < -0.39 is 17.3 Å². The van der Waals surface area contributed by atoms with Crippen LogP contribution in [0, 0.1) is 0 Å². The van der Waals surface area contributed by atoms with E-state index in [9.17, 15) is 14.7 Å². The lowest BCUT2D eigenvalue weighted by Crippen LogP contribution is -2.41. The van der Waals surface area contributed by atoms with Crippen LogP contribution in [0.3, 0.4) is 0 Å². The van der Waals surface area contributed by atoms with Gasteiger partial charge in [0.1, 0.15) is 5.65 Å².